The number of rotatable bonds is 2. The molecule has 0 radical (unpaired) electrons. The lowest BCUT2D eigenvalue weighted by Gasteiger charge is -2.29. The molecule has 5 nitrogen and oxygen atoms in total. The standard InChI is InChI=1S/C12H16N2O3/c15-8-9-1-2-11(13-7-9)10-3-5-14(6-4-10)12(16)17/h1-2,7,10,15H,3-6,8H2,(H,16,17). The minimum Gasteiger partial charge on any atom is -0.465 e. The van der Waals surface area contributed by atoms with Crippen LogP contribution in [0.4, 0.5) is 4.79 Å². The van der Waals surface area contributed by atoms with Gasteiger partial charge in [-0.25, -0.2) is 4.79 Å². The van der Waals surface area contributed by atoms with Crippen molar-refractivity contribution in [2.75, 3.05) is 13.1 Å². The lowest BCUT2D eigenvalue weighted by Crippen LogP contribution is -2.36. The molecule has 0 unspecified atom stereocenters. The van der Waals surface area contributed by atoms with Crippen molar-refractivity contribution in [1.82, 2.24) is 9.88 Å². The summed E-state index contributed by atoms with van der Waals surface area (Å²) in [5.74, 6) is 0.332. The second-order valence-electron chi connectivity index (χ2n) is 4.29. The Morgan fingerprint density at radius 3 is 2.59 bits per heavy atom. The fraction of sp³-hybridized carbons (Fsp3) is 0.500. The molecule has 1 aromatic rings. The Balaban J connectivity index is 1.97. The molecule has 92 valence electrons. The van der Waals surface area contributed by atoms with E-state index in [-0.39, 0.29) is 6.61 Å². The van der Waals surface area contributed by atoms with E-state index < -0.39 is 6.09 Å². The van der Waals surface area contributed by atoms with Crippen LogP contribution in [0.3, 0.4) is 0 Å². The van der Waals surface area contributed by atoms with Gasteiger partial charge >= 0.3 is 6.09 Å². The first kappa shape index (κ1) is 11.9. The zero-order chi connectivity index (χ0) is 12.3. The monoisotopic (exact) mass is 236 g/mol. The van der Waals surface area contributed by atoms with Crippen LogP contribution in [-0.4, -0.2) is 39.3 Å². The summed E-state index contributed by atoms with van der Waals surface area (Å²) in [6.07, 6.45) is 2.47. The lowest BCUT2D eigenvalue weighted by molar-refractivity contribution is 0.131. The van der Waals surface area contributed by atoms with Crippen LogP contribution >= 0.6 is 0 Å². The Morgan fingerprint density at radius 2 is 2.12 bits per heavy atom. The van der Waals surface area contributed by atoms with Gasteiger partial charge < -0.3 is 15.1 Å². The molecule has 0 spiro atoms. The van der Waals surface area contributed by atoms with E-state index >= 15 is 0 Å². The van der Waals surface area contributed by atoms with Crippen LogP contribution in [0.15, 0.2) is 18.3 Å². The zero-order valence-electron chi connectivity index (χ0n) is 9.54. The molecule has 1 saturated heterocycles. The van der Waals surface area contributed by atoms with Gasteiger partial charge in [0.25, 0.3) is 0 Å². The fourth-order valence-corrected chi connectivity index (χ4v) is 2.14. The van der Waals surface area contributed by atoms with Crippen molar-refractivity contribution >= 4 is 6.09 Å². The summed E-state index contributed by atoms with van der Waals surface area (Å²) < 4.78 is 0. The number of hydrogen-bond acceptors (Lipinski definition) is 3. The maximum atomic E-state index is 10.8. The Hall–Kier alpha value is -1.62. The number of pyridine rings is 1. The third-order valence-corrected chi connectivity index (χ3v) is 3.21. The molecule has 1 aliphatic heterocycles. The third kappa shape index (κ3) is 2.74. The van der Waals surface area contributed by atoms with E-state index in [1.807, 2.05) is 12.1 Å². The molecule has 0 bridgehead atoms. The van der Waals surface area contributed by atoms with Crippen LogP contribution in [0.5, 0.6) is 0 Å². The van der Waals surface area contributed by atoms with Crippen molar-refractivity contribution in [2.24, 2.45) is 0 Å². The third-order valence-electron chi connectivity index (χ3n) is 3.21. The van der Waals surface area contributed by atoms with Gasteiger partial charge in [0.1, 0.15) is 0 Å². The summed E-state index contributed by atoms with van der Waals surface area (Å²) in [6, 6.07) is 3.79. The SMILES string of the molecule is O=C(O)N1CCC(c2ccc(CO)cn2)CC1. The molecule has 2 heterocycles. The van der Waals surface area contributed by atoms with E-state index in [1.165, 1.54) is 4.90 Å². The highest BCUT2D eigenvalue weighted by Crippen LogP contribution is 2.26. The van der Waals surface area contributed by atoms with Crippen LogP contribution in [0.25, 0.3) is 0 Å². The Morgan fingerprint density at radius 1 is 1.41 bits per heavy atom. The molecule has 2 rings (SSSR count). The van der Waals surface area contributed by atoms with Crippen molar-refractivity contribution in [1.29, 1.82) is 0 Å². The molecular formula is C12H16N2O3. The van der Waals surface area contributed by atoms with Gasteiger partial charge in [0.2, 0.25) is 0 Å². The molecular weight excluding hydrogens is 220 g/mol. The highest BCUT2D eigenvalue weighted by molar-refractivity contribution is 5.65. The molecule has 0 atom stereocenters. The molecule has 5 heteroatoms. The molecule has 1 aliphatic rings. The number of aromatic nitrogens is 1. The summed E-state index contributed by atoms with van der Waals surface area (Å²) in [7, 11) is 0. The van der Waals surface area contributed by atoms with E-state index in [4.69, 9.17) is 10.2 Å². The lowest BCUT2D eigenvalue weighted by atomic mass is 9.93. The summed E-state index contributed by atoms with van der Waals surface area (Å²) in [4.78, 5) is 16.5. The highest BCUT2D eigenvalue weighted by Gasteiger charge is 2.23. The van der Waals surface area contributed by atoms with Crippen LogP contribution in [0, 0.1) is 0 Å². The van der Waals surface area contributed by atoms with E-state index in [0.29, 0.717) is 19.0 Å². The minimum atomic E-state index is -0.841. The zero-order valence-corrected chi connectivity index (χ0v) is 9.54. The van der Waals surface area contributed by atoms with Gasteiger partial charge in [-0.2, -0.15) is 0 Å². The van der Waals surface area contributed by atoms with Crippen molar-refractivity contribution in [3.05, 3.63) is 29.6 Å². The largest absolute Gasteiger partial charge is 0.465 e. The van der Waals surface area contributed by atoms with Crippen molar-refractivity contribution < 1.29 is 15.0 Å². The molecule has 1 aromatic heterocycles. The van der Waals surface area contributed by atoms with E-state index in [1.54, 1.807) is 6.20 Å². The summed E-state index contributed by atoms with van der Waals surface area (Å²) in [5, 5.41) is 17.8. The summed E-state index contributed by atoms with van der Waals surface area (Å²) >= 11 is 0. The van der Waals surface area contributed by atoms with Crippen molar-refractivity contribution in [2.45, 2.75) is 25.4 Å². The number of aliphatic hydroxyl groups excluding tert-OH is 1. The van der Waals surface area contributed by atoms with Gasteiger partial charge in [-0.15, -0.1) is 0 Å². The average molecular weight is 236 g/mol. The number of carboxylic acid groups (broad SMARTS) is 1. The number of hydrogen-bond donors (Lipinski definition) is 2. The maximum absolute atomic E-state index is 10.8. The van der Waals surface area contributed by atoms with Gasteiger partial charge in [-0.1, -0.05) is 6.07 Å². The van der Waals surface area contributed by atoms with Gasteiger partial charge in [-0.05, 0) is 24.5 Å². The predicted octanol–water partition coefficient (Wildman–Crippen LogP) is 1.43. The number of aliphatic hydroxyl groups is 1. The van der Waals surface area contributed by atoms with Gasteiger partial charge in [0, 0.05) is 30.9 Å². The van der Waals surface area contributed by atoms with E-state index in [2.05, 4.69) is 4.98 Å². The second kappa shape index (κ2) is 5.14. The van der Waals surface area contributed by atoms with Gasteiger partial charge in [-0.3, -0.25) is 4.98 Å². The van der Waals surface area contributed by atoms with Crippen molar-refractivity contribution in [3.63, 3.8) is 0 Å². The fourth-order valence-electron chi connectivity index (χ4n) is 2.14. The molecule has 17 heavy (non-hydrogen) atoms. The quantitative estimate of drug-likeness (QED) is 0.814. The predicted molar refractivity (Wildman–Crippen MR) is 61.7 cm³/mol. The maximum Gasteiger partial charge on any atom is 0.407 e. The van der Waals surface area contributed by atoms with Crippen LogP contribution < -0.4 is 0 Å². The Labute approximate surface area is 99.7 Å². The topological polar surface area (TPSA) is 73.7 Å². The summed E-state index contributed by atoms with van der Waals surface area (Å²) in [6.45, 7) is 1.15. The second-order valence-corrected chi connectivity index (χ2v) is 4.29. The number of carbonyl (C=O) groups is 1. The normalized spacial score (nSPS) is 17.1. The van der Waals surface area contributed by atoms with E-state index in [9.17, 15) is 4.79 Å². The Kier molecular flexibility index (Phi) is 3.58. The molecule has 0 aliphatic carbocycles. The minimum absolute atomic E-state index is 0.00470. The van der Waals surface area contributed by atoms with Crippen LogP contribution in [0.2, 0.25) is 0 Å². The molecule has 0 saturated carbocycles. The van der Waals surface area contributed by atoms with Crippen LogP contribution in [0.1, 0.15) is 30.0 Å². The number of amides is 1. The van der Waals surface area contributed by atoms with Crippen molar-refractivity contribution in [3.8, 4) is 0 Å². The number of nitrogens with zero attached hydrogens (tertiary/aromatic N) is 2. The molecule has 0 aromatic carbocycles. The smallest absolute Gasteiger partial charge is 0.407 e. The molecule has 1 fully saturated rings. The first-order valence-corrected chi connectivity index (χ1v) is 5.74. The highest BCUT2D eigenvalue weighted by atomic mass is 16.4. The van der Waals surface area contributed by atoms with Gasteiger partial charge in [0.05, 0.1) is 6.61 Å². The number of piperidine rings is 1. The van der Waals surface area contributed by atoms with Crippen LogP contribution in [-0.2, 0) is 6.61 Å². The average Bonchev–Trinajstić information content (AvgIpc) is 2.39. The van der Waals surface area contributed by atoms with Gasteiger partial charge in [0.15, 0.2) is 0 Å². The first-order chi connectivity index (χ1) is 8.20. The number of likely N-dealkylation sites (tertiary alicyclic amines) is 1. The molecule has 1 amide bonds. The Bertz CT molecular complexity index is 383. The summed E-state index contributed by atoms with van der Waals surface area (Å²) in [5.41, 5.74) is 1.80. The van der Waals surface area contributed by atoms with E-state index in [0.717, 1.165) is 24.1 Å². The first-order valence-electron chi connectivity index (χ1n) is 5.74. The molecule has 2 N–H and O–H groups in total.